The molecule has 3 heteroatoms. The van der Waals surface area contributed by atoms with Crippen LogP contribution in [0.25, 0.3) is 0 Å². The summed E-state index contributed by atoms with van der Waals surface area (Å²) < 4.78 is 11.8. The lowest BCUT2D eigenvalue weighted by Gasteiger charge is -2.19. The van der Waals surface area contributed by atoms with Crippen LogP contribution in [0, 0.1) is 0 Å². The van der Waals surface area contributed by atoms with Crippen molar-refractivity contribution in [2.45, 2.75) is 19.2 Å². The van der Waals surface area contributed by atoms with Crippen LogP contribution in [0.5, 0.6) is 0 Å². The second-order valence-electron chi connectivity index (χ2n) is 2.36. The lowest BCUT2D eigenvalue weighted by Crippen LogP contribution is -2.30. The second-order valence-corrected chi connectivity index (χ2v) is 3.11. The minimum Gasteiger partial charge on any atom is -0.300 e. The van der Waals surface area contributed by atoms with E-state index < -0.39 is 0 Å². The van der Waals surface area contributed by atoms with E-state index in [0.717, 1.165) is 13.1 Å². The Bertz CT molecular complexity index is 78.0. The Morgan fingerprint density at radius 2 is 2.20 bits per heavy atom. The predicted molar refractivity (Wildman–Crippen MR) is 43.4 cm³/mol. The molecule has 0 fully saturated rings. The fourth-order valence-electron chi connectivity index (χ4n) is 0.854. The van der Waals surface area contributed by atoms with E-state index in [-0.39, 0.29) is 12.1 Å². The zero-order valence-electron chi connectivity index (χ0n) is 6.61. The molecule has 0 aromatic heterocycles. The number of nitrogens with zero attached hydrogens (tertiary/aromatic N) is 1. The van der Waals surface area contributed by atoms with Crippen LogP contribution >= 0.6 is 11.6 Å². The average Bonchev–Trinajstić information content (AvgIpc) is 1.86. The molecule has 1 nitrogen and oxygen atoms in total. The molecule has 0 amide bonds. The fourth-order valence-corrected chi connectivity index (χ4v) is 1.05. The Hall–Kier alpha value is 0.180. The Labute approximate surface area is 67.2 Å². The van der Waals surface area contributed by atoms with Gasteiger partial charge in [-0.2, -0.15) is 0 Å². The molecular formula is C7H15ClFN. The standard InChI is InChI=1S/C7H15ClFN/c1-3-10(5-4-9)6-7(2)8/h7H,3-6H2,1-2H3. The van der Waals surface area contributed by atoms with E-state index in [0.29, 0.717) is 6.54 Å². The van der Waals surface area contributed by atoms with Gasteiger partial charge >= 0.3 is 0 Å². The van der Waals surface area contributed by atoms with Crippen molar-refractivity contribution in [3.05, 3.63) is 0 Å². The summed E-state index contributed by atoms with van der Waals surface area (Å²) >= 11 is 5.72. The highest BCUT2D eigenvalue weighted by Gasteiger charge is 2.04. The monoisotopic (exact) mass is 167 g/mol. The lowest BCUT2D eigenvalue weighted by atomic mass is 10.4. The van der Waals surface area contributed by atoms with Gasteiger partial charge in [0.2, 0.25) is 0 Å². The molecule has 0 radical (unpaired) electrons. The number of hydrogen-bond acceptors (Lipinski definition) is 1. The molecule has 0 heterocycles. The highest BCUT2D eigenvalue weighted by atomic mass is 35.5. The summed E-state index contributed by atoms with van der Waals surface area (Å²) in [7, 11) is 0. The molecule has 0 aliphatic carbocycles. The third kappa shape index (κ3) is 5.00. The Morgan fingerprint density at radius 3 is 2.50 bits per heavy atom. The van der Waals surface area contributed by atoms with Gasteiger partial charge in [0.05, 0.1) is 0 Å². The van der Waals surface area contributed by atoms with Gasteiger partial charge in [-0.3, -0.25) is 4.90 Å². The summed E-state index contributed by atoms with van der Waals surface area (Å²) in [6.07, 6.45) is 0. The third-order valence-corrected chi connectivity index (χ3v) is 1.50. The minimum absolute atomic E-state index is 0.117. The highest BCUT2D eigenvalue weighted by molar-refractivity contribution is 6.20. The highest BCUT2D eigenvalue weighted by Crippen LogP contribution is 1.97. The van der Waals surface area contributed by atoms with Gasteiger partial charge in [0.1, 0.15) is 6.67 Å². The van der Waals surface area contributed by atoms with E-state index in [1.807, 2.05) is 18.7 Å². The first kappa shape index (κ1) is 10.2. The molecule has 0 bridgehead atoms. The summed E-state index contributed by atoms with van der Waals surface area (Å²) in [4.78, 5) is 2.00. The van der Waals surface area contributed by atoms with E-state index >= 15 is 0 Å². The van der Waals surface area contributed by atoms with Crippen LogP contribution < -0.4 is 0 Å². The molecule has 0 saturated heterocycles. The first-order chi connectivity index (χ1) is 4.70. The number of halogens is 2. The maximum atomic E-state index is 11.8. The van der Waals surface area contributed by atoms with E-state index in [1.165, 1.54) is 0 Å². The summed E-state index contributed by atoms with van der Waals surface area (Å²) in [5.41, 5.74) is 0. The van der Waals surface area contributed by atoms with Crippen molar-refractivity contribution in [1.29, 1.82) is 0 Å². The molecule has 10 heavy (non-hydrogen) atoms. The van der Waals surface area contributed by atoms with E-state index in [2.05, 4.69) is 0 Å². The van der Waals surface area contributed by atoms with Crippen molar-refractivity contribution in [3.63, 3.8) is 0 Å². The summed E-state index contributed by atoms with van der Waals surface area (Å²) in [6.45, 7) is 5.81. The zero-order valence-corrected chi connectivity index (χ0v) is 7.36. The van der Waals surface area contributed by atoms with E-state index in [9.17, 15) is 4.39 Å². The molecule has 62 valence electrons. The number of hydrogen-bond donors (Lipinski definition) is 0. The Morgan fingerprint density at radius 1 is 1.60 bits per heavy atom. The molecule has 0 aromatic carbocycles. The van der Waals surface area contributed by atoms with Crippen LogP contribution in [-0.4, -0.2) is 36.6 Å². The Kier molecular flexibility index (Phi) is 6.03. The summed E-state index contributed by atoms with van der Waals surface area (Å²) in [5, 5.41) is 0.117. The topological polar surface area (TPSA) is 3.24 Å². The van der Waals surface area contributed by atoms with Crippen LogP contribution in [0.3, 0.4) is 0 Å². The van der Waals surface area contributed by atoms with E-state index in [1.54, 1.807) is 0 Å². The lowest BCUT2D eigenvalue weighted by molar-refractivity contribution is 0.261. The Balaban J connectivity index is 3.39. The van der Waals surface area contributed by atoms with Gasteiger partial charge in [-0.1, -0.05) is 6.92 Å². The van der Waals surface area contributed by atoms with Crippen molar-refractivity contribution < 1.29 is 4.39 Å². The maximum absolute atomic E-state index is 11.8. The molecule has 0 rings (SSSR count). The van der Waals surface area contributed by atoms with E-state index in [4.69, 9.17) is 11.6 Å². The van der Waals surface area contributed by atoms with Crippen molar-refractivity contribution in [3.8, 4) is 0 Å². The SMILES string of the molecule is CCN(CCF)CC(C)Cl. The first-order valence-electron chi connectivity index (χ1n) is 3.63. The van der Waals surface area contributed by atoms with Crippen molar-refractivity contribution >= 4 is 11.6 Å². The maximum Gasteiger partial charge on any atom is 0.102 e. The molecule has 1 atom stereocenters. The zero-order chi connectivity index (χ0) is 7.98. The van der Waals surface area contributed by atoms with Crippen molar-refractivity contribution in [2.24, 2.45) is 0 Å². The van der Waals surface area contributed by atoms with Crippen LogP contribution in [-0.2, 0) is 0 Å². The van der Waals surface area contributed by atoms with Crippen LogP contribution in [0.4, 0.5) is 4.39 Å². The average molecular weight is 168 g/mol. The second kappa shape index (κ2) is 5.93. The molecule has 0 aromatic rings. The van der Waals surface area contributed by atoms with Gasteiger partial charge in [-0.05, 0) is 13.5 Å². The predicted octanol–water partition coefficient (Wildman–Crippen LogP) is 1.91. The fraction of sp³-hybridized carbons (Fsp3) is 1.00. The number of rotatable bonds is 5. The number of alkyl halides is 2. The molecule has 0 aliphatic heterocycles. The molecule has 0 spiro atoms. The minimum atomic E-state index is -0.280. The van der Waals surface area contributed by atoms with Crippen molar-refractivity contribution in [1.82, 2.24) is 4.90 Å². The van der Waals surface area contributed by atoms with Gasteiger partial charge < -0.3 is 0 Å². The molecule has 0 saturated carbocycles. The van der Waals surface area contributed by atoms with Crippen LogP contribution in [0.1, 0.15) is 13.8 Å². The molecule has 0 N–H and O–H groups in total. The van der Waals surface area contributed by atoms with Gasteiger partial charge in [-0.25, -0.2) is 4.39 Å². The van der Waals surface area contributed by atoms with Crippen molar-refractivity contribution in [2.75, 3.05) is 26.3 Å². The van der Waals surface area contributed by atoms with Gasteiger partial charge in [-0.15, -0.1) is 11.6 Å². The smallest absolute Gasteiger partial charge is 0.102 e. The molecule has 1 unspecified atom stereocenters. The normalized spacial score (nSPS) is 14.1. The van der Waals surface area contributed by atoms with Crippen LogP contribution in [0.15, 0.2) is 0 Å². The van der Waals surface area contributed by atoms with Gasteiger partial charge in [0, 0.05) is 18.5 Å². The molecular weight excluding hydrogens is 153 g/mol. The summed E-state index contributed by atoms with van der Waals surface area (Å²) in [6, 6.07) is 0. The van der Waals surface area contributed by atoms with Crippen LogP contribution in [0.2, 0.25) is 0 Å². The van der Waals surface area contributed by atoms with Gasteiger partial charge in [0.25, 0.3) is 0 Å². The largest absolute Gasteiger partial charge is 0.300 e. The van der Waals surface area contributed by atoms with Gasteiger partial charge in [0.15, 0.2) is 0 Å². The third-order valence-electron chi connectivity index (χ3n) is 1.36. The molecule has 0 aliphatic rings. The quantitative estimate of drug-likeness (QED) is 0.566. The summed E-state index contributed by atoms with van der Waals surface area (Å²) in [5.74, 6) is 0. The first-order valence-corrected chi connectivity index (χ1v) is 4.06.